The molecule has 21 heavy (non-hydrogen) atoms. The monoisotopic (exact) mass is 289 g/mol. The highest BCUT2D eigenvalue weighted by Gasteiger charge is 2.34. The maximum absolute atomic E-state index is 12.3. The molecule has 4 nitrogen and oxygen atoms in total. The predicted molar refractivity (Wildman–Crippen MR) is 80.9 cm³/mol. The molecular weight excluding hydrogens is 266 g/mol. The Balaban J connectivity index is 2.00. The minimum atomic E-state index is -0.784. The van der Waals surface area contributed by atoms with Crippen LogP contribution in [0.2, 0.25) is 0 Å². The number of amides is 1. The Hall–Kier alpha value is -1.84. The molecule has 1 amide bonds. The predicted octanol–water partition coefficient (Wildman–Crippen LogP) is 2.98. The van der Waals surface area contributed by atoms with Gasteiger partial charge in [-0.2, -0.15) is 0 Å². The van der Waals surface area contributed by atoms with Gasteiger partial charge in [0, 0.05) is 5.92 Å². The molecule has 0 heterocycles. The van der Waals surface area contributed by atoms with Gasteiger partial charge in [0.15, 0.2) is 0 Å². The lowest BCUT2D eigenvalue weighted by molar-refractivity contribution is -0.141. The molecule has 1 aromatic carbocycles. The lowest BCUT2D eigenvalue weighted by atomic mass is 9.97. The van der Waals surface area contributed by atoms with E-state index in [2.05, 4.69) is 25.2 Å². The molecule has 1 saturated carbocycles. The average molecular weight is 289 g/mol. The number of carbonyl (C=O) groups is 2. The van der Waals surface area contributed by atoms with Gasteiger partial charge in [-0.25, -0.2) is 0 Å². The maximum Gasteiger partial charge on any atom is 0.306 e. The summed E-state index contributed by atoms with van der Waals surface area (Å²) < 4.78 is 0. The molecule has 0 spiro atoms. The number of carboxylic acids is 1. The molecule has 1 unspecified atom stereocenters. The van der Waals surface area contributed by atoms with E-state index in [1.807, 2.05) is 19.1 Å². The highest BCUT2D eigenvalue weighted by atomic mass is 16.4. The van der Waals surface area contributed by atoms with Crippen LogP contribution in [0.5, 0.6) is 0 Å². The van der Waals surface area contributed by atoms with Crippen molar-refractivity contribution in [3.05, 3.63) is 34.9 Å². The van der Waals surface area contributed by atoms with Crippen LogP contribution in [0.25, 0.3) is 0 Å². The number of aliphatic carboxylic acids is 1. The van der Waals surface area contributed by atoms with Gasteiger partial charge in [-0.1, -0.05) is 18.2 Å². The number of carboxylic acid groups (broad SMARTS) is 1. The molecule has 0 aliphatic heterocycles. The summed E-state index contributed by atoms with van der Waals surface area (Å²) in [5, 5.41) is 12.0. The van der Waals surface area contributed by atoms with Gasteiger partial charge in [0.1, 0.15) is 0 Å². The summed E-state index contributed by atoms with van der Waals surface area (Å²) in [7, 11) is 0. The van der Waals surface area contributed by atoms with Crippen LogP contribution in [0, 0.1) is 25.7 Å². The molecule has 0 bridgehead atoms. The van der Waals surface area contributed by atoms with Crippen molar-refractivity contribution in [1.82, 2.24) is 5.32 Å². The Morgan fingerprint density at radius 3 is 2.52 bits per heavy atom. The van der Waals surface area contributed by atoms with Crippen molar-refractivity contribution in [2.24, 2.45) is 11.8 Å². The van der Waals surface area contributed by atoms with Gasteiger partial charge in [0.05, 0.1) is 12.0 Å². The van der Waals surface area contributed by atoms with E-state index >= 15 is 0 Å². The van der Waals surface area contributed by atoms with Crippen molar-refractivity contribution >= 4 is 11.9 Å². The van der Waals surface area contributed by atoms with Crippen LogP contribution < -0.4 is 5.32 Å². The number of hydrogen-bond donors (Lipinski definition) is 2. The number of carbonyl (C=O) groups excluding carboxylic acids is 1. The zero-order valence-electron chi connectivity index (χ0n) is 12.8. The van der Waals surface area contributed by atoms with Gasteiger partial charge in [0.25, 0.3) is 0 Å². The Bertz CT molecular complexity index is 553. The summed E-state index contributed by atoms with van der Waals surface area (Å²) in [6.07, 6.45) is 1.73. The van der Waals surface area contributed by atoms with Crippen molar-refractivity contribution in [2.75, 3.05) is 0 Å². The van der Waals surface area contributed by atoms with Gasteiger partial charge in [-0.15, -0.1) is 0 Å². The first-order chi connectivity index (χ1) is 9.90. The second-order valence-electron chi connectivity index (χ2n) is 6.06. The van der Waals surface area contributed by atoms with E-state index in [4.69, 9.17) is 5.11 Å². The third-order valence-electron chi connectivity index (χ3n) is 4.62. The first kappa shape index (κ1) is 15.5. The Kier molecular flexibility index (Phi) is 4.66. The molecule has 0 aromatic heterocycles. The van der Waals surface area contributed by atoms with E-state index < -0.39 is 5.97 Å². The van der Waals surface area contributed by atoms with Crippen LogP contribution in [-0.4, -0.2) is 17.0 Å². The molecule has 0 radical (unpaired) electrons. The fraction of sp³-hybridized carbons (Fsp3) is 0.529. The van der Waals surface area contributed by atoms with Crippen molar-refractivity contribution in [1.29, 1.82) is 0 Å². The van der Waals surface area contributed by atoms with Crippen LogP contribution >= 0.6 is 0 Å². The van der Waals surface area contributed by atoms with Crippen molar-refractivity contribution in [2.45, 2.75) is 46.1 Å². The second kappa shape index (κ2) is 6.29. The fourth-order valence-electron chi connectivity index (χ4n) is 3.10. The Morgan fingerprint density at radius 1 is 1.24 bits per heavy atom. The number of nitrogens with one attached hydrogen (secondary N) is 1. The largest absolute Gasteiger partial charge is 0.481 e. The summed E-state index contributed by atoms with van der Waals surface area (Å²) in [5.41, 5.74) is 3.52. The second-order valence-corrected chi connectivity index (χ2v) is 6.06. The van der Waals surface area contributed by atoms with Crippen molar-refractivity contribution < 1.29 is 14.7 Å². The van der Waals surface area contributed by atoms with Crippen molar-refractivity contribution in [3.8, 4) is 0 Å². The Morgan fingerprint density at radius 2 is 1.90 bits per heavy atom. The van der Waals surface area contributed by atoms with Crippen molar-refractivity contribution in [3.63, 3.8) is 0 Å². The maximum atomic E-state index is 12.3. The minimum Gasteiger partial charge on any atom is -0.481 e. The van der Waals surface area contributed by atoms with Crippen LogP contribution in [0.3, 0.4) is 0 Å². The minimum absolute atomic E-state index is 0.0212. The smallest absolute Gasteiger partial charge is 0.306 e. The van der Waals surface area contributed by atoms with Gasteiger partial charge in [0.2, 0.25) is 5.91 Å². The third kappa shape index (κ3) is 3.43. The molecule has 114 valence electrons. The molecule has 1 aliphatic carbocycles. The molecule has 1 fully saturated rings. The molecule has 3 atom stereocenters. The first-order valence-corrected chi connectivity index (χ1v) is 7.49. The SMILES string of the molecule is Cc1cccc(C(C)NC(=O)[C@@H]2CC[C@H](C(=O)O)C2)c1C. The highest BCUT2D eigenvalue weighted by molar-refractivity contribution is 5.81. The number of hydrogen-bond acceptors (Lipinski definition) is 2. The molecule has 2 N–H and O–H groups in total. The number of aryl methyl sites for hydroxylation is 1. The summed E-state index contributed by atoms with van der Waals surface area (Å²) in [6.45, 7) is 6.09. The molecule has 4 heteroatoms. The van der Waals surface area contributed by atoms with Gasteiger partial charge < -0.3 is 10.4 Å². The summed E-state index contributed by atoms with van der Waals surface area (Å²) in [5.74, 6) is -1.34. The standard InChI is InChI=1S/C17H23NO3/c1-10-5-4-6-15(11(10)2)12(3)18-16(19)13-7-8-14(9-13)17(20)21/h4-6,12-14H,7-9H2,1-3H3,(H,18,19)(H,20,21)/t12?,13-,14+/m1/s1. The van der Waals surface area contributed by atoms with Gasteiger partial charge in [-0.3, -0.25) is 9.59 Å². The topological polar surface area (TPSA) is 66.4 Å². The lowest BCUT2D eigenvalue weighted by Crippen LogP contribution is -2.32. The summed E-state index contributed by atoms with van der Waals surface area (Å²) >= 11 is 0. The summed E-state index contributed by atoms with van der Waals surface area (Å²) in [6, 6.07) is 6.03. The number of rotatable bonds is 4. The zero-order valence-corrected chi connectivity index (χ0v) is 12.8. The average Bonchev–Trinajstić information content (AvgIpc) is 2.91. The molecule has 2 rings (SSSR count). The molecule has 0 saturated heterocycles. The lowest BCUT2D eigenvalue weighted by Gasteiger charge is -2.20. The van der Waals surface area contributed by atoms with E-state index in [1.54, 1.807) is 0 Å². The van der Waals surface area contributed by atoms with E-state index in [-0.39, 0.29) is 23.8 Å². The van der Waals surface area contributed by atoms with E-state index in [0.717, 1.165) is 5.56 Å². The Labute approximate surface area is 125 Å². The molecule has 1 aromatic rings. The van der Waals surface area contributed by atoms with E-state index in [1.165, 1.54) is 11.1 Å². The molecular formula is C17H23NO3. The van der Waals surface area contributed by atoms with Crippen LogP contribution in [-0.2, 0) is 9.59 Å². The zero-order chi connectivity index (χ0) is 15.6. The van der Waals surface area contributed by atoms with Gasteiger partial charge >= 0.3 is 5.97 Å². The van der Waals surface area contributed by atoms with Gasteiger partial charge in [-0.05, 0) is 56.7 Å². The molecule has 1 aliphatic rings. The highest BCUT2D eigenvalue weighted by Crippen LogP contribution is 2.32. The van der Waals surface area contributed by atoms with E-state index in [0.29, 0.717) is 19.3 Å². The fourth-order valence-corrected chi connectivity index (χ4v) is 3.10. The van der Waals surface area contributed by atoms with Crippen LogP contribution in [0.1, 0.15) is 48.9 Å². The quantitative estimate of drug-likeness (QED) is 0.895. The first-order valence-electron chi connectivity index (χ1n) is 7.49. The third-order valence-corrected chi connectivity index (χ3v) is 4.62. The normalized spacial score (nSPS) is 22.8. The van der Waals surface area contributed by atoms with Crippen LogP contribution in [0.4, 0.5) is 0 Å². The van der Waals surface area contributed by atoms with E-state index in [9.17, 15) is 9.59 Å². The number of benzene rings is 1. The van der Waals surface area contributed by atoms with Crippen LogP contribution in [0.15, 0.2) is 18.2 Å². The summed E-state index contributed by atoms with van der Waals surface area (Å²) in [4.78, 5) is 23.3.